The highest BCUT2D eigenvalue weighted by atomic mass is 16.1. The van der Waals surface area contributed by atoms with E-state index in [1.807, 2.05) is 19.9 Å². The molecule has 1 heterocycles. The molecule has 106 valence electrons. The van der Waals surface area contributed by atoms with E-state index < -0.39 is 0 Å². The Bertz CT molecular complexity index is 229. The largest absolute Gasteiger partial charge is 0.403 e. The standard InChI is InChI=1S/C8H13NO.C3H9N3.C2H6/c1-2-5-9-6-3-8(10)4-7-9;1-6(5)3-2-4;1-2/h2H,1,3-7H2;2-3H,4-5H2,1H3;1-2H3/b;3-2-;. The zero-order chi connectivity index (χ0) is 14.4. The average molecular weight is 256 g/mol. The van der Waals surface area contributed by atoms with E-state index in [0.29, 0.717) is 5.78 Å². The normalized spacial score (nSPS) is 15.2. The summed E-state index contributed by atoms with van der Waals surface area (Å²) in [6, 6.07) is 0. The average Bonchev–Trinajstić information content (AvgIpc) is 2.36. The van der Waals surface area contributed by atoms with E-state index in [2.05, 4.69) is 11.5 Å². The molecule has 4 N–H and O–H groups in total. The fourth-order valence-corrected chi connectivity index (χ4v) is 1.30. The van der Waals surface area contributed by atoms with Crippen molar-refractivity contribution >= 4 is 5.78 Å². The van der Waals surface area contributed by atoms with Crippen molar-refractivity contribution in [1.82, 2.24) is 9.91 Å². The van der Waals surface area contributed by atoms with E-state index in [0.717, 1.165) is 32.5 Å². The Labute approximate surface area is 111 Å². The lowest BCUT2D eigenvalue weighted by molar-refractivity contribution is -0.121. The minimum atomic E-state index is 0.403. The molecule has 1 saturated heterocycles. The third-order valence-corrected chi connectivity index (χ3v) is 2.12. The lowest BCUT2D eigenvalue weighted by atomic mass is 10.1. The van der Waals surface area contributed by atoms with Crippen molar-refractivity contribution in [3.63, 3.8) is 0 Å². The number of Topliss-reactive ketones (excluding diaryl/α,β-unsaturated/α-hetero) is 1. The molecule has 0 aromatic carbocycles. The molecule has 0 radical (unpaired) electrons. The Hall–Kier alpha value is -1.33. The Morgan fingerprint density at radius 1 is 1.39 bits per heavy atom. The molecule has 0 saturated carbocycles. The highest BCUT2D eigenvalue weighted by molar-refractivity contribution is 5.79. The molecule has 0 amide bonds. The molecule has 0 aliphatic carbocycles. The summed E-state index contributed by atoms with van der Waals surface area (Å²) in [6.45, 7) is 10.4. The van der Waals surface area contributed by atoms with Crippen molar-refractivity contribution in [2.24, 2.45) is 11.6 Å². The summed E-state index contributed by atoms with van der Waals surface area (Å²) >= 11 is 0. The van der Waals surface area contributed by atoms with Gasteiger partial charge in [0, 0.05) is 51.9 Å². The van der Waals surface area contributed by atoms with Gasteiger partial charge >= 0.3 is 0 Å². The minimum Gasteiger partial charge on any atom is -0.403 e. The summed E-state index contributed by atoms with van der Waals surface area (Å²) in [4.78, 5) is 13.0. The summed E-state index contributed by atoms with van der Waals surface area (Å²) in [5, 5.41) is 1.38. The molecule has 0 atom stereocenters. The number of carbonyl (C=O) groups is 1. The van der Waals surface area contributed by atoms with Crippen LogP contribution in [0.15, 0.2) is 25.1 Å². The van der Waals surface area contributed by atoms with Crippen molar-refractivity contribution in [1.29, 1.82) is 0 Å². The van der Waals surface area contributed by atoms with Crippen LogP contribution in [0.25, 0.3) is 0 Å². The molecule has 1 aliphatic rings. The van der Waals surface area contributed by atoms with Gasteiger partial charge in [-0.1, -0.05) is 19.9 Å². The molecule has 5 nitrogen and oxygen atoms in total. The maximum atomic E-state index is 10.8. The second-order valence-electron chi connectivity index (χ2n) is 3.63. The van der Waals surface area contributed by atoms with Gasteiger partial charge in [-0.2, -0.15) is 0 Å². The molecular formula is C13H28N4O. The Morgan fingerprint density at radius 2 is 1.89 bits per heavy atom. The number of carbonyl (C=O) groups excluding carboxylic acids is 1. The first-order chi connectivity index (χ1) is 8.60. The van der Waals surface area contributed by atoms with Gasteiger partial charge in [0.15, 0.2) is 0 Å². The molecule has 0 aromatic rings. The molecule has 0 spiro atoms. The highest BCUT2D eigenvalue weighted by Crippen LogP contribution is 2.04. The number of ketones is 1. The van der Waals surface area contributed by atoms with Crippen molar-refractivity contribution < 1.29 is 4.79 Å². The summed E-state index contributed by atoms with van der Waals surface area (Å²) in [6.07, 6.45) is 6.28. The Balaban J connectivity index is 0. The molecule has 0 bridgehead atoms. The number of likely N-dealkylation sites (tertiary alicyclic amines) is 1. The van der Waals surface area contributed by atoms with Gasteiger partial charge in [0.1, 0.15) is 5.78 Å². The lowest BCUT2D eigenvalue weighted by Gasteiger charge is -2.23. The van der Waals surface area contributed by atoms with Gasteiger partial charge < -0.3 is 10.7 Å². The molecule has 1 fully saturated rings. The van der Waals surface area contributed by atoms with Gasteiger partial charge in [0.2, 0.25) is 0 Å². The van der Waals surface area contributed by atoms with Crippen LogP contribution in [0.4, 0.5) is 0 Å². The summed E-state index contributed by atoms with van der Waals surface area (Å²) in [5.74, 6) is 5.47. The van der Waals surface area contributed by atoms with E-state index in [-0.39, 0.29) is 0 Å². The summed E-state index contributed by atoms with van der Waals surface area (Å²) < 4.78 is 0. The van der Waals surface area contributed by atoms with E-state index in [9.17, 15) is 4.79 Å². The smallest absolute Gasteiger partial charge is 0.135 e. The van der Waals surface area contributed by atoms with Gasteiger partial charge in [0.25, 0.3) is 0 Å². The molecule has 1 aliphatic heterocycles. The molecule has 0 unspecified atom stereocenters. The number of nitrogens with two attached hydrogens (primary N) is 2. The number of hydrogen-bond donors (Lipinski definition) is 2. The van der Waals surface area contributed by atoms with Crippen molar-refractivity contribution in [3.05, 3.63) is 25.1 Å². The maximum absolute atomic E-state index is 10.8. The quantitative estimate of drug-likeness (QED) is 0.449. The van der Waals surface area contributed by atoms with Gasteiger partial charge in [0.05, 0.1) is 0 Å². The summed E-state index contributed by atoms with van der Waals surface area (Å²) in [7, 11) is 1.70. The number of rotatable bonds is 3. The predicted octanol–water partition coefficient (Wildman–Crippen LogP) is 1.09. The van der Waals surface area contributed by atoms with Crippen molar-refractivity contribution in [3.8, 4) is 0 Å². The Kier molecular flexibility index (Phi) is 14.5. The zero-order valence-corrected chi connectivity index (χ0v) is 11.9. The molecule has 1 rings (SSSR count). The third-order valence-electron chi connectivity index (χ3n) is 2.12. The second kappa shape index (κ2) is 13.7. The summed E-state index contributed by atoms with van der Waals surface area (Å²) in [5.41, 5.74) is 4.93. The van der Waals surface area contributed by atoms with Crippen LogP contribution in [0.2, 0.25) is 0 Å². The number of piperidine rings is 1. The lowest BCUT2D eigenvalue weighted by Crippen LogP contribution is -2.33. The van der Waals surface area contributed by atoms with Crippen LogP contribution in [0.5, 0.6) is 0 Å². The number of nitrogens with zero attached hydrogens (tertiary/aromatic N) is 2. The number of hydrogen-bond acceptors (Lipinski definition) is 5. The van der Waals surface area contributed by atoms with Crippen LogP contribution >= 0.6 is 0 Å². The topological polar surface area (TPSA) is 75.6 Å². The zero-order valence-electron chi connectivity index (χ0n) is 11.9. The molecular weight excluding hydrogens is 228 g/mol. The third kappa shape index (κ3) is 12.7. The van der Waals surface area contributed by atoms with Gasteiger partial charge in [-0.15, -0.1) is 6.58 Å². The van der Waals surface area contributed by atoms with Gasteiger partial charge in [-0.3, -0.25) is 9.69 Å². The number of hydrazine groups is 1. The van der Waals surface area contributed by atoms with E-state index in [4.69, 9.17) is 11.6 Å². The SMILES string of the molecule is C=CCN1CCC(=O)CC1.CC.CN(N)/C=C\N. The van der Waals surface area contributed by atoms with E-state index in [1.54, 1.807) is 13.2 Å². The maximum Gasteiger partial charge on any atom is 0.135 e. The van der Waals surface area contributed by atoms with E-state index in [1.165, 1.54) is 11.2 Å². The molecule has 18 heavy (non-hydrogen) atoms. The van der Waals surface area contributed by atoms with Crippen molar-refractivity contribution in [2.75, 3.05) is 26.7 Å². The fourth-order valence-electron chi connectivity index (χ4n) is 1.30. The van der Waals surface area contributed by atoms with Crippen molar-refractivity contribution in [2.45, 2.75) is 26.7 Å². The first-order valence-corrected chi connectivity index (χ1v) is 6.31. The monoisotopic (exact) mass is 256 g/mol. The van der Waals surface area contributed by atoms with Crippen LogP contribution in [0.3, 0.4) is 0 Å². The van der Waals surface area contributed by atoms with Crippen LogP contribution in [0, 0.1) is 0 Å². The molecule has 0 aromatic heterocycles. The van der Waals surface area contributed by atoms with Crippen LogP contribution in [-0.4, -0.2) is 42.4 Å². The van der Waals surface area contributed by atoms with Crippen LogP contribution < -0.4 is 11.6 Å². The second-order valence-corrected chi connectivity index (χ2v) is 3.63. The van der Waals surface area contributed by atoms with Crippen LogP contribution in [-0.2, 0) is 4.79 Å². The Morgan fingerprint density at radius 3 is 2.17 bits per heavy atom. The van der Waals surface area contributed by atoms with Gasteiger partial charge in [-0.05, 0) is 0 Å². The van der Waals surface area contributed by atoms with Gasteiger partial charge in [-0.25, -0.2) is 5.84 Å². The minimum absolute atomic E-state index is 0.403. The van der Waals surface area contributed by atoms with E-state index >= 15 is 0 Å². The van der Waals surface area contributed by atoms with Crippen LogP contribution in [0.1, 0.15) is 26.7 Å². The first-order valence-electron chi connectivity index (χ1n) is 6.31. The molecule has 5 heteroatoms. The first kappa shape index (κ1) is 19.0. The highest BCUT2D eigenvalue weighted by Gasteiger charge is 2.13. The fraction of sp³-hybridized carbons (Fsp3) is 0.615. The predicted molar refractivity (Wildman–Crippen MR) is 77.5 cm³/mol.